The zero-order valence-electron chi connectivity index (χ0n) is 5.52. The molecule has 0 aromatic heterocycles. The number of carbonyl (C=O) groups excluding carboxylic acids is 1. The van der Waals surface area contributed by atoms with Gasteiger partial charge in [-0.15, -0.1) is 6.42 Å². The van der Waals surface area contributed by atoms with Crippen LogP contribution in [0.25, 0.3) is 0 Å². The van der Waals surface area contributed by atoms with Crippen molar-refractivity contribution < 1.29 is 25.9 Å². The zero-order chi connectivity index (χ0) is 6.57. The molecule has 0 aromatic carbocycles. The Morgan fingerprint density at radius 3 is 2.33 bits per heavy atom. The standard InChI is InChI=1S/C6H11NO.W/c1-4-6(8)7-5(2)3;/h5H,1-2,4H2,3H3,(H,7,8);/q-2;+2. The molecule has 3 heteroatoms. The van der Waals surface area contributed by atoms with Crippen LogP contribution in [-0.2, 0) is 25.9 Å². The number of nitrogens with one attached hydrogen (secondary N) is 1. The Morgan fingerprint density at radius 2 is 2.22 bits per heavy atom. The van der Waals surface area contributed by atoms with E-state index in [1.165, 1.54) is 0 Å². The van der Waals surface area contributed by atoms with Crippen LogP contribution in [0, 0.1) is 13.8 Å². The van der Waals surface area contributed by atoms with Gasteiger partial charge in [-0.25, -0.2) is 0 Å². The largest absolute Gasteiger partial charge is 2.00 e. The van der Waals surface area contributed by atoms with E-state index in [9.17, 15) is 4.79 Å². The maximum absolute atomic E-state index is 10.4. The van der Waals surface area contributed by atoms with Gasteiger partial charge in [0.15, 0.2) is 5.91 Å². The first-order valence-corrected chi connectivity index (χ1v) is 2.58. The Hall–Kier alpha value is 0.158. The maximum Gasteiger partial charge on any atom is 2.00 e. The number of carbonyl (C=O) groups is 1. The Morgan fingerprint density at radius 1 is 1.78 bits per heavy atom. The molecule has 0 aliphatic rings. The van der Waals surface area contributed by atoms with Crippen LogP contribution in [0.1, 0.15) is 13.3 Å². The number of hydrogen-bond donors (Lipinski definition) is 1. The first-order chi connectivity index (χ1) is 3.66. The van der Waals surface area contributed by atoms with Gasteiger partial charge in [-0.05, 0) is 0 Å². The molecule has 0 aromatic rings. The summed E-state index contributed by atoms with van der Waals surface area (Å²) in [6, 6.07) is -0.00995. The molecular weight excluding hydrogens is 286 g/mol. The Labute approximate surface area is 70.7 Å². The van der Waals surface area contributed by atoms with Crippen molar-refractivity contribution >= 4 is 5.91 Å². The van der Waals surface area contributed by atoms with Crippen molar-refractivity contribution in [2.24, 2.45) is 0 Å². The molecule has 52 valence electrons. The molecule has 0 saturated heterocycles. The molecule has 1 atom stereocenters. The van der Waals surface area contributed by atoms with Crippen molar-refractivity contribution in [2.75, 3.05) is 0 Å². The second-order valence-corrected chi connectivity index (χ2v) is 1.72. The molecular formula is C6H11NOW. The van der Waals surface area contributed by atoms with Crippen LogP contribution in [0.2, 0.25) is 0 Å². The topological polar surface area (TPSA) is 29.1 Å². The quantitative estimate of drug-likeness (QED) is 0.741. The van der Waals surface area contributed by atoms with Crippen LogP contribution in [0.3, 0.4) is 0 Å². The predicted molar refractivity (Wildman–Crippen MR) is 32.9 cm³/mol. The molecule has 1 N–H and O–H groups in total. The molecule has 0 saturated carbocycles. The Balaban J connectivity index is 0. The van der Waals surface area contributed by atoms with Crippen molar-refractivity contribution in [1.29, 1.82) is 0 Å². The van der Waals surface area contributed by atoms with Crippen LogP contribution in [0.4, 0.5) is 0 Å². The number of amides is 1. The smallest absolute Gasteiger partial charge is 0.386 e. The summed E-state index contributed by atoms with van der Waals surface area (Å²) in [4.78, 5) is 10.4. The van der Waals surface area contributed by atoms with Crippen molar-refractivity contribution in [3.05, 3.63) is 13.8 Å². The third-order valence-electron chi connectivity index (χ3n) is 0.634. The summed E-state index contributed by atoms with van der Waals surface area (Å²) < 4.78 is 0. The summed E-state index contributed by atoms with van der Waals surface area (Å²) in [7, 11) is 0. The fourth-order valence-electron chi connectivity index (χ4n) is 0.347. The van der Waals surface area contributed by atoms with Gasteiger partial charge < -0.3 is 19.2 Å². The monoisotopic (exact) mass is 297 g/mol. The van der Waals surface area contributed by atoms with Crippen LogP contribution in [-0.4, -0.2) is 11.9 Å². The predicted octanol–water partition coefficient (Wildman–Crippen LogP) is 0.547. The van der Waals surface area contributed by atoms with E-state index in [0.717, 1.165) is 0 Å². The van der Waals surface area contributed by atoms with E-state index in [1.54, 1.807) is 0 Å². The fourth-order valence-corrected chi connectivity index (χ4v) is 0.347. The van der Waals surface area contributed by atoms with E-state index < -0.39 is 0 Å². The van der Waals surface area contributed by atoms with E-state index >= 15 is 0 Å². The van der Waals surface area contributed by atoms with Gasteiger partial charge >= 0.3 is 21.1 Å². The molecule has 0 heterocycles. The van der Waals surface area contributed by atoms with Gasteiger partial charge in [-0.1, -0.05) is 13.0 Å². The molecule has 1 amide bonds. The maximum atomic E-state index is 10.4. The third-order valence-corrected chi connectivity index (χ3v) is 0.634. The molecule has 0 radical (unpaired) electrons. The summed E-state index contributed by atoms with van der Waals surface area (Å²) in [5, 5.41) is 2.58. The van der Waals surface area contributed by atoms with Gasteiger partial charge in [-0.3, -0.25) is 4.79 Å². The van der Waals surface area contributed by atoms with E-state index in [4.69, 9.17) is 0 Å². The first kappa shape index (κ1) is 11.9. The van der Waals surface area contributed by atoms with Crippen molar-refractivity contribution in [3.8, 4) is 0 Å². The van der Waals surface area contributed by atoms with Crippen molar-refractivity contribution in [1.82, 2.24) is 5.32 Å². The van der Waals surface area contributed by atoms with Gasteiger partial charge in [0, 0.05) is 0 Å². The second-order valence-electron chi connectivity index (χ2n) is 1.72. The van der Waals surface area contributed by atoms with E-state index in [-0.39, 0.29) is 33.0 Å². The van der Waals surface area contributed by atoms with Crippen LogP contribution in [0.15, 0.2) is 0 Å². The van der Waals surface area contributed by atoms with Crippen LogP contribution >= 0.6 is 0 Å². The number of rotatable bonds is 2. The molecule has 2 nitrogen and oxygen atoms in total. The molecule has 0 aliphatic carbocycles. The van der Waals surface area contributed by atoms with Gasteiger partial charge in [0.1, 0.15) is 0 Å². The van der Waals surface area contributed by atoms with Crippen molar-refractivity contribution in [3.63, 3.8) is 0 Å². The SMILES string of the molecule is [CH2-]CC(=O)NC([CH2-])C.[W+2]. The summed E-state index contributed by atoms with van der Waals surface area (Å²) in [6.07, 6.45) is 0.292. The number of hydrogen-bond acceptors (Lipinski definition) is 1. The van der Waals surface area contributed by atoms with Gasteiger partial charge in [-0.2, -0.15) is 0 Å². The summed E-state index contributed by atoms with van der Waals surface area (Å²) in [6.45, 7) is 8.78. The molecule has 1 unspecified atom stereocenters. The normalized spacial score (nSPS) is 11.4. The minimum Gasteiger partial charge on any atom is -0.386 e. The first-order valence-electron chi connectivity index (χ1n) is 2.58. The minimum atomic E-state index is -0.0486. The van der Waals surface area contributed by atoms with E-state index in [2.05, 4.69) is 19.2 Å². The van der Waals surface area contributed by atoms with Gasteiger partial charge in [0.05, 0.1) is 0 Å². The minimum absolute atomic E-state index is 0. The third kappa shape index (κ3) is 8.16. The van der Waals surface area contributed by atoms with E-state index in [1.807, 2.05) is 6.92 Å². The molecule has 9 heavy (non-hydrogen) atoms. The van der Waals surface area contributed by atoms with Crippen LogP contribution in [0.5, 0.6) is 0 Å². The van der Waals surface area contributed by atoms with E-state index in [0.29, 0.717) is 6.42 Å². The second kappa shape index (κ2) is 6.28. The molecule has 0 spiro atoms. The Kier molecular flexibility index (Phi) is 8.30. The summed E-state index contributed by atoms with van der Waals surface area (Å²) in [5.74, 6) is -0.0486. The Bertz CT molecular complexity index is 83.1. The molecule has 0 rings (SSSR count). The van der Waals surface area contributed by atoms with Crippen LogP contribution < -0.4 is 5.32 Å². The van der Waals surface area contributed by atoms with Crippen molar-refractivity contribution in [2.45, 2.75) is 19.4 Å². The molecule has 0 bridgehead atoms. The average molecular weight is 297 g/mol. The fraction of sp³-hybridized carbons (Fsp3) is 0.500. The summed E-state index contributed by atoms with van der Waals surface area (Å²) in [5.41, 5.74) is 0. The van der Waals surface area contributed by atoms with Gasteiger partial charge in [0.25, 0.3) is 0 Å². The summed E-state index contributed by atoms with van der Waals surface area (Å²) >= 11 is 0. The molecule has 0 fully saturated rings. The molecule has 0 aliphatic heterocycles. The zero-order valence-corrected chi connectivity index (χ0v) is 8.45. The average Bonchev–Trinajstić information content (AvgIpc) is 1.65. The van der Waals surface area contributed by atoms with Gasteiger partial charge in [0.2, 0.25) is 0 Å².